The lowest BCUT2D eigenvalue weighted by molar-refractivity contribution is -0.124. The van der Waals surface area contributed by atoms with Crippen molar-refractivity contribution < 1.29 is 14.1 Å². The highest BCUT2D eigenvalue weighted by Gasteiger charge is 2.11. The van der Waals surface area contributed by atoms with Crippen LogP contribution in [0.4, 0.5) is 5.69 Å². The van der Waals surface area contributed by atoms with Crippen molar-refractivity contribution in [3.63, 3.8) is 0 Å². The van der Waals surface area contributed by atoms with Gasteiger partial charge in [0.1, 0.15) is 5.78 Å². The fraction of sp³-hybridized carbons (Fsp3) is 0.143. The summed E-state index contributed by atoms with van der Waals surface area (Å²) >= 11 is 0.586. The number of fused-ring (bicyclic) bond motifs is 1. The Labute approximate surface area is 115 Å². The number of Topliss-reactive ketones (excluding diaryl/α,β-unsaturated/α-hetero) is 1. The fourth-order valence-electron chi connectivity index (χ4n) is 1.86. The average Bonchev–Trinajstić information content (AvgIpc) is 2.37. The Bertz CT molecular complexity index is 640. The Morgan fingerprint density at radius 1 is 1.21 bits per heavy atom. The lowest BCUT2D eigenvalue weighted by Gasteiger charge is -2.11. The van der Waals surface area contributed by atoms with E-state index in [1.54, 1.807) is 6.07 Å². The van der Waals surface area contributed by atoms with Crippen molar-refractivity contribution in [2.75, 3.05) is 5.32 Å². The number of benzene rings is 2. The molecule has 0 aromatic heterocycles. The Morgan fingerprint density at radius 2 is 1.95 bits per heavy atom. The number of amides is 1. The first-order valence-electron chi connectivity index (χ1n) is 5.74. The molecule has 1 amide bonds. The molecular formula is C14H13NO3S. The predicted octanol–water partition coefficient (Wildman–Crippen LogP) is 3.32. The molecule has 0 spiro atoms. The third-order valence-electron chi connectivity index (χ3n) is 2.65. The number of hydrogen-bond donors (Lipinski definition) is 2. The van der Waals surface area contributed by atoms with Crippen molar-refractivity contribution in [2.24, 2.45) is 0 Å². The normalized spacial score (nSPS) is 10.4. The van der Waals surface area contributed by atoms with Crippen LogP contribution in [0.25, 0.3) is 10.8 Å². The minimum absolute atomic E-state index is 0.164. The van der Waals surface area contributed by atoms with Gasteiger partial charge in [-0.15, -0.1) is 0 Å². The first kappa shape index (κ1) is 13.6. The molecule has 2 aromatic rings. The Kier molecular flexibility index (Phi) is 4.19. The van der Waals surface area contributed by atoms with Crippen molar-refractivity contribution in [1.82, 2.24) is 0 Å². The molecule has 0 radical (unpaired) electrons. The Morgan fingerprint density at radius 3 is 2.63 bits per heavy atom. The highest BCUT2D eigenvalue weighted by molar-refractivity contribution is 7.94. The van der Waals surface area contributed by atoms with Gasteiger partial charge in [-0.2, -0.15) is 0 Å². The van der Waals surface area contributed by atoms with E-state index in [4.69, 9.17) is 0 Å². The summed E-state index contributed by atoms with van der Waals surface area (Å²) in [6, 6.07) is 11.1. The molecule has 0 unspecified atom stereocenters. The molecule has 5 heteroatoms. The second-order valence-corrected chi connectivity index (χ2v) is 4.77. The second-order valence-electron chi connectivity index (χ2n) is 4.18. The molecule has 19 heavy (non-hydrogen) atoms. The Balaban J connectivity index is 2.38. The maximum Gasteiger partial charge on any atom is 0.231 e. The van der Waals surface area contributed by atoms with Crippen LogP contribution >= 0.6 is 12.0 Å². The lowest BCUT2D eigenvalue weighted by Crippen LogP contribution is -2.15. The van der Waals surface area contributed by atoms with Crippen molar-refractivity contribution in [2.45, 2.75) is 18.2 Å². The maximum absolute atomic E-state index is 11.6. The van der Waals surface area contributed by atoms with Gasteiger partial charge in [0.25, 0.3) is 0 Å². The van der Waals surface area contributed by atoms with Crippen LogP contribution in [0.5, 0.6) is 0 Å². The molecule has 0 saturated carbocycles. The van der Waals surface area contributed by atoms with Crippen LogP contribution in [-0.2, 0) is 9.59 Å². The fourth-order valence-corrected chi connectivity index (χ4v) is 2.36. The lowest BCUT2D eigenvalue weighted by atomic mass is 10.1. The van der Waals surface area contributed by atoms with Gasteiger partial charge in [-0.3, -0.25) is 9.59 Å². The van der Waals surface area contributed by atoms with Gasteiger partial charge in [-0.1, -0.05) is 30.3 Å². The van der Waals surface area contributed by atoms with E-state index >= 15 is 0 Å². The minimum atomic E-state index is -0.377. The Hall–Kier alpha value is -1.85. The van der Waals surface area contributed by atoms with Crippen LogP contribution in [0.1, 0.15) is 13.3 Å². The van der Waals surface area contributed by atoms with Crippen molar-refractivity contribution >= 4 is 40.2 Å². The molecule has 2 N–H and O–H groups in total. The number of ketones is 1. The van der Waals surface area contributed by atoms with Crippen molar-refractivity contribution in [3.05, 3.63) is 36.4 Å². The molecule has 0 fully saturated rings. The largest absolute Gasteiger partial charge is 0.325 e. The zero-order valence-electron chi connectivity index (χ0n) is 10.3. The second kappa shape index (κ2) is 5.86. The van der Waals surface area contributed by atoms with Crippen LogP contribution in [0.2, 0.25) is 0 Å². The van der Waals surface area contributed by atoms with Crippen LogP contribution in [0, 0.1) is 0 Å². The van der Waals surface area contributed by atoms with Gasteiger partial charge in [0.15, 0.2) is 0 Å². The summed E-state index contributed by atoms with van der Waals surface area (Å²) < 4.78 is 9.41. The van der Waals surface area contributed by atoms with Gasteiger partial charge in [0.05, 0.1) is 17.0 Å². The molecule has 0 atom stereocenters. The van der Waals surface area contributed by atoms with Crippen LogP contribution < -0.4 is 5.32 Å². The number of carbonyl (C=O) groups is 2. The molecule has 0 bridgehead atoms. The summed E-state index contributed by atoms with van der Waals surface area (Å²) in [6.45, 7) is 1.36. The topological polar surface area (TPSA) is 66.4 Å². The summed E-state index contributed by atoms with van der Waals surface area (Å²) in [4.78, 5) is 23.1. The monoisotopic (exact) mass is 275 g/mol. The third kappa shape index (κ3) is 3.13. The van der Waals surface area contributed by atoms with Crippen LogP contribution in [0.15, 0.2) is 41.3 Å². The molecule has 0 heterocycles. The minimum Gasteiger partial charge on any atom is -0.325 e. The van der Waals surface area contributed by atoms with Gasteiger partial charge in [0, 0.05) is 12.0 Å². The zero-order valence-corrected chi connectivity index (χ0v) is 11.2. The molecule has 0 aliphatic rings. The summed E-state index contributed by atoms with van der Waals surface area (Å²) in [7, 11) is 0. The molecule has 0 aliphatic heterocycles. The highest BCUT2D eigenvalue weighted by atomic mass is 32.2. The standard InChI is InChI=1S/C14H13NO3S/c1-9(16)8-13(17)15-12-7-6-10-4-2-3-5-11(10)14(12)19-18/h2-7,18H,8H2,1H3,(H,15,17). The maximum atomic E-state index is 11.6. The van der Waals surface area contributed by atoms with Gasteiger partial charge in [-0.25, -0.2) is 0 Å². The SMILES string of the molecule is CC(=O)CC(=O)Nc1ccc2ccccc2c1SO. The summed E-state index contributed by atoms with van der Waals surface area (Å²) in [6.07, 6.45) is -0.164. The van der Waals surface area contributed by atoms with E-state index in [9.17, 15) is 14.1 Å². The molecule has 4 nitrogen and oxygen atoms in total. The van der Waals surface area contributed by atoms with E-state index in [2.05, 4.69) is 5.32 Å². The highest BCUT2D eigenvalue weighted by Crippen LogP contribution is 2.33. The van der Waals surface area contributed by atoms with E-state index in [0.29, 0.717) is 22.6 Å². The smallest absolute Gasteiger partial charge is 0.231 e. The number of nitrogens with one attached hydrogen (secondary N) is 1. The first-order valence-corrected chi connectivity index (χ1v) is 6.51. The molecule has 2 aromatic carbocycles. The summed E-state index contributed by atoms with van der Waals surface area (Å²) in [5.74, 6) is -0.574. The number of hydrogen-bond acceptors (Lipinski definition) is 4. The van der Waals surface area contributed by atoms with Gasteiger partial charge in [0.2, 0.25) is 5.91 Å². The molecular weight excluding hydrogens is 262 g/mol. The number of rotatable bonds is 4. The van der Waals surface area contributed by atoms with Crippen molar-refractivity contribution in [3.8, 4) is 0 Å². The quantitative estimate of drug-likeness (QED) is 0.663. The van der Waals surface area contributed by atoms with Gasteiger partial charge >= 0.3 is 0 Å². The average molecular weight is 275 g/mol. The van der Waals surface area contributed by atoms with Crippen molar-refractivity contribution in [1.29, 1.82) is 0 Å². The number of carbonyl (C=O) groups excluding carboxylic acids is 2. The van der Waals surface area contributed by atoms with E-state index in [1.165, 1.54) is 6.92 Å². The zero-order chi connectivity index (χ0) is 13.8. The van der Waals surface area contributed by atoms with Gasteiger partial charge < -0.3 is 9.87 Å². The predicted molar refractivity (Wildman–Crippen MR) is 76.4 cm³/mol. The van der Waals surface area contributed by atoms with E-state index in [0.717, 1.165) is 10.8 Å². The van der Waals surface area contributed by atoms with Gasteiger partial charge in [-0.05, 0) is 23.8 Å². The summed E-state index contributed by atoms with van der Waals surface area (Å²) in [5.41, 5.74) is 0.512. The van der Waals surface area contributed by atoms with E-state index < -0.39 is 0 Å². The third-order valence-corrected chi connectivity index (χ3v) is 3.28. The van der Waals surface area contributed by atoms with Crippen LogP contribution in [0.3, 0.4) is 0 Å². The van der Waals surface area contributed by atoms with E-state index in [1.807, 2.05) is 30.3 Å². The molecule has 0 saturated heterocycles. The first-order chi connectivity index (χ1) is 9.11. The summed E-state index contributed by atoms with van der Waals surface area (Å²) in [5, 5.41) is 4.48. The van der Waals surface area contributed by atoms with E-state index in [-0.39, 0.29) is 18.1 Å². The molecule has 0 aliphatic carbocycles. The van der Waals surface area contributed by atoms with Crippen LogP contribution in [-0.4, -0.2) is 16.2 Å². The number of anilines is 1. The molecule has 2 rings (SSSR count). The molecule has 98 valence electrons.